The van der Waals surface area contributed by atoms with Crippen LogP contribution in [0.5, 0.6) is 0 Å². The van der Waals surface area contributed by atoms with Gasteiger partial charge in [0, 0.05) is 26.5 Å². The number of fused-ring (bicyclic) bond motifs is 1. The lowest BCUT2D eigenvalue weighted by Crippen LogP contribution is -2.40. The van der Waals surface area contributed by atoms with Crippen LogP contribution < -0.4 is 10.9 Å². The molecule has 0 aliphatic carbocycles. The molecule has 7 aromatic rings. The summed E-state index contributed by atoms with van der Waals surface area (Å²) in [6, 6.07) is 27.1. The van der Waals surface area contributed by atoms with Crippen molar-refractivity contribution in [3.63, 3.8) is 0 Å². The number of H-pyrrole nitrogens is 1. The second kappa shape index (κ2) is 12.5. The maximum atomic E-state index is 13.2. The lowest BCUT2D eigenvalue weighted by atomic mass is 9.90. The summed E-state index contributed by atoms with van der Waals surface area (Å²) in [5, 5.41) is 10.4. The van der Waals surface area contributed by atoms with Crippen molar-refractivity contribution in [3.05, 3.63) is 95.5 Å². The number of carbonyl (C=O) groups is 3. The van der Waals surface area contributed by atoms with E-state index in [4.69, 9.17) is 18.9 Å². The number of nitrogens with zero attached hydrogens (tertiary/aromatic N) is 3. The summed E-state index contributed by atoms with van der Waals surface area (Å²) in [5.41, 5.74) is 2.37. The van der Waals surface area contributed by atoms with Gasteiger partial charge in [-0.1, -0.05) is 66.7 Å². The van der Waals surface area contributed by atoms with E-state index in [0.29, 0.717) is 5.69 Å². The lowest BCUT2D eigenvalue weighted by Gasteiger charge is -2.23. The number of hydrogen-bond acceptors (Lipinski definition) is 11. The quantitative estimate of drug-likeness (QED) is 0.114. The monoisotopic (exact) mass is 685 g/mol. The largest absolute Gasteiger partial charge is 0.463 e. The number of nitrogens with one attached hydrogen (secondary N) is 2. The zero-order valence-corrected chi connectivity index (χ0v) is 27.7. The summed E-state index contributed by atoms with van der Waals surface area (Å²) in [5.74, 6) is -1.77. The van der Waals surface area contributed by atoms with Crippen molar-refractivity contribution < 1.29 is 33.3 Å². The average Bonchev–Trinajstić information content (AvgIpc) is 3.67. The molecule has 51 heavy (non-hydrogen) atoms. The smallest absolute Gasteiger partial charge is 0.303 e. The van der Waals surface area contributed by atoms with Crippen molar-refractivity contribution >= 4 is 73.0 Å². The molecule has 1 saturated heterocycles. The Kier molecular flexibility index (Phi) is 7.83. The Balaban J connectivity index is 1.11. The van der Waals surface area contributed by atoms with Crippen LogP contribution >= 0.6 is 0 Å². The van der Waals surface area contributed by atoms with Gasteiger partial charge in [0.05, 0.1) is 6.33 Å². The molecule has 1 fully saturated rings. The van der Waals surface area contributed by atoms with E-state index in [1.165, 1.54) is 58.6 Å². The highest BCUT2D eigenvalue weighted by Crippen LogP contribution is 2.40. The Morgan fingerprint density at radius 1 is 0.824 bits per heavy atom. The van der Waals surface area contributed by atoms with Gasteiger partial charge in [0.15, 0.2) is 29.6 Å². The standard InChI is InChI=1S/C38H31N5O8/c1-19(44)48-17-29-33(49-20(2)45)34(50-21(3)46)37(51-29)43-18-39-32-35(43)41-38(42-36(32)47)40-26-13-9-22(10-14-26)27-15-11-25-8-7-23-5-4-6-24-12-16-28(27)31(25)30(23)24/h4-16,18,29,33-34,37H,17H2,1-3H3,(H2,40,41,42,47)/t29-,33-,34-,37-/m1/s1. The van der Waals surface area contributed by atoms with Gasteiger partial charge in [-0.15, -0.1) is 0 Å². The van der Waals surface area contributed by atoms with Crippen LogP contribution in [0.1, 0.15) is 27.0 Å². The first-order valence-electron chi connectivity index (χ1n) is 16.3. The third kappa shape index (κ3) is 5.76. The lowest BCUT2D eigenvalue weighted by molar-refractivity contribution is -0.166. The molecule has 0 bridgehead atoms. The van der Waals surface area contributed by atoms with E-state index in [1.807, 2.05) is 24.3 Å². The van der Waals surface area contributed by atoms with E-state index in [0.717, 1.165) is 16.5 Å². The van der Waals surface area contributed by atoms with Gasteiger partial charge in [-0.25, -0.2) is 4.98 Å². The van der Waals surface area contributed by atoms with Gasteiger partial charge in [0.25, 0.3) is 5.56 Å². The number of esters is 3. The Labute approximate surface area is 289 Å². The number of imidazole rings is 1. The van der Waals surface area contributed by atoms with E-state index in [-0.39, 0.29) is 23.7 Å². The molecule has 1 aliphatic rings. The van der Waals surface area contributed by atoms with Gasteiger partial charge in [-0.05, 0) is 55.6 Å². The predicted molar refractivity (Wildman–Crippen MR) is 189 cm³/mol. The summed E-state index contributed by atoms with van der Waals surface area (Å²) in [7, 11) is 0. The topological polar surface area (TPSA) is 164 Å². The number of ether oxygens (including phenoxy) is 4. The summed E-state index contributed by atoms with van der Waals surface area (Å²) in [6.45, 7) is 3.35. The maximum absolute atomic E-state index is 13.2. The van der Waals surface area contributed by atoms with Crippen LogP contribution in [0.15, 0.2) is 90.0 Å². The summed E-state index contributed by atoms with van der Waals surface area (Å²) >= 11 is 0. The molecule has 5 aromatic carbocycles. The molecule has 2 N–H and O–H groups in total. The summed E-state index contributed by atoms with van der Waals surface area (Å²) in [4.78, 5) is 60.5. The first kappa shape index (κ1) is 31.9. The van der Waals surface area contributed by atoms with Crippen molar-refractivity contribution in [3.8, 4) is 11.1 Å². The van der Waals surface area contributed by atoms with Crippen LogP contribution in [0.25, 0.3) is 54.6 Å². The molecule has 0 saturated carbocycles. The van der Waals surface area contributed by atoms with Crippen LogP contribution in [0.2, 0.25) is 0 Å². The number of benzene rings is 5. The minimum absolute atomic E-state index is 0.00237. The average molecular weight is 686 g/mol. The molecular formula is C38H31N5O8. The minimum Gasteiger partial charge on any atom is -0.463 e. The van der Waals surface area contributed by atoms with Gasteiger partial charge in [0.2, 0.25) is 5.95 Å². The van der Waals surface area contributed by atoms with E-state index in [2.05, 4.69) is 74.9 Å². The molecule has 13 nitrogen and oxygen atoms in total. The minimum atomic E-state index is -1.17. The molecule has 8 rings (SSSR count). The Morgan fingerprint density at radius 3 is 2.20 bits per heavy atom. The molecule has 4 atom stereocenters. The van der Waals surface area contributed by atoms with Crippen molar-refractivity contribution in [2.75, 3.05) is 11.9 Å². The SMILES string of the molecule is CC(=O)OC[C@H]1O[C@@H](n2cnc3c(=O)[nH]c(Nc4ccc(-c5ccc6ccc7cccc8ccc5c6c78)cc4)nc32)[C@H](OC(C)=O)[C@@H]1OC(C)=O. The number of rotatable bonds is 8. The van der Waals surface area contributed by atoms with Gasteiger partial charge >= 0.3 is 17.9 Å². The Bertz CT molecular complexity index is 2530. The second-order valence-electron chi connectivity index (χ2n) is 12.4. The van der Waals surface area contributed by atoms with Gasteiger partial charge < -0.3 is 24.3 Å². The summed E-state index contributed by atoms with van der Waals surface area (Å²) in [6.07, 6.45) is -3.09. The first-order chi connectivity index (χ1) is 24.6. The molecule has 2 aromatic heterocycles. The highest BCUT2D eigenvalue weighted by Gasteiger charge is 2.51. The Hall–Kier alpha value is -6.34. The van der Waals surface area contributed by atoms with Crippen molar-refractivity contribution in [1.29, 1.82) is 0 Å². The van der Waals surface area contributed by atoms with Crippen molar-refractivity contribution in [1.82, 2.24) is 19.5 Å². The fourth-order valence-corrected chi connectivity index (χ4v) is 6.95. The third-order valence-electron chi connectivity index (χ3n) is 9.03. The fraction of sp³-hybridized carbons (Fsp3) is 0.211. The van der Waals surface area contributed by atoms with Gasteiger partial charge in [-0.2, -0.15) is 4.98 Å². The third-order valence-corrected chi connectivity index (χ3v) is 9.03. The molecule has 256 valence electrons. The van der Waals surface area contributed by atoms with Crippen LogP contribution in [-0.2, 0) is 33.3 Å². The molecule has 0 radical (unpaired) electrons. The molecule has 0 unspecified atom stereocenters. The summed E-state index contributed by atoms with van der Waals surface area (Å²) < 4.78 is 23.7. The number of aromatic amines is 1. The molecule has 0 spiro atoms. The van der Waals surface area contributed by atoms with Gasteiger partial charge in [-0.3, -0.25) is 28.7 Å². The molecular weight excluding hydrogens is 654 g/mol. The van der Waals surface area contributed by atoms with Gasteiger partial charge in [0.1, 0.15) is 12.7 Å². The Morgan fingerprint density at radius 2 is 1.49 bits per heavy atom. The molecule has 1 aliphatic heterocycles. The fourth-order valence-electron chi connectivity index (χ4n) is 6.95. The van der Waals surface area contributed by atoms with Crippen molar-refractivity contribution in [2.24, 2.45) is 0 Å². The molecule has 3 heterocycles. The number of hydrogen-bond donors (Lipinski definition) is 2. The van der Waals surface area contributed by atoms with E-state index < -0.39 is 48.0 Å². The number of anilines is 2. The maximum Gasteiger partial charge on any atom is 0.303 e. The highest BCUT2D eigenvalue weighted by atomic mass is 16.7. The molecule has 13 heteroatoms. The van der Waals surface area contributed by atoms with Crippen LogP contribution in [0, 0.1) is 0 Å². The normalized spacial score (nSPS) is 18.8. The first-order valence-corrected chi connectivity index (χ1v) is 16.3. The predicted octanol–water partition coefficient (Wildman–Crippen LogP) is 5.75. The number of carbonyl (C=O) groups excluding carboxylic acids is 3. The van der Waals surface area contributed by atoms with Crippen LogP contribution in [0.3, 0.4) is 0 Å². The zero-order valence-electron chi connectivity index (χ0n) is 27.7. The zero-order chi connectivity index (χ0) is 35.4. The van der Waals surface area contributed by atoms with E-state index in [1.54, 1.807) is 0 Å². The highest BCUT2D eigenvalue weighted by molar-refractivity contribution is 6.25. The van der Waals surface area contributed by atoms with E-state index in [9.17, 15) is 19.2 Å². The number of aromatic nitrogens is 4. The van der Waals surface area contributed by atoms with Crippen LogP contribution in [0.4, 0.5) is 11.6 Å². The molecule has 0 amide bonds. The van der Waals surface area contributed by atoms with E-state index >= 15 is 0 Å². The second-order valence-corrected chi connectivity index (χ2v) is 12.4. The van der Waals surface area contributed by atoms with Crippen LogP contribution in [-0.4, -0.2) is 62.3 Å². The van der Waals surface area contributed by atoms with Crippen molar-refractivity contribution in [2.45, 2.75) is 45.3 Å².